The van der Waals surface area contributed by atoms with Crippen LogP contribution in [0.2, 0.25) is 5.02 Å². The van der Waals surface area contributed by atoms with E-state index in [1.807, 2.05) is 25.1 Å². The molecule has 6 heteroatoms. The van der Waals surface area contributed by atoms with Gasteiger partial charge in [0.1, 0.15) is 12.4 Å². The maximum Gasteiger partial charge on any atom is 0.166 e. The van der Waals surface area contributed by atoms with Crippen LogP contribution in [0, 0.1) is 5.82 Å². The Bertz CT molecular complexity index is 692. The van der Waals surface area contributed by atoms with Gasteiger partial charge in [0.25, 0.3) is 0 Å². The summed E-state index contributed by atoms with van der Waals surface area (Å²) in [7, 11) is 1.58. The average molecular weight is 368 g/mol. The first-order valence-corrected chi connectivity index (χ1v) is 8.53. The third-order valence-corrected chi connectivity index (χ3v) is 4.31. The van der Waals surface area contributed by atoms with Crippen molar-refractivity contribution in [2.24, 2.45) is 0 Å². The summed E-state index contributed by atoms with van der Waals surface area (Å²) in [6.45, 7) is 2.81. The molecule has 0 amide bonds. The van der Waals surface area contributed by atoms with Crippen molar-refractivity contribution in [1.82, 2.24) is 5.32 Å². The lowest BCUT2D eigenvalue weighted by molar-refractivity contribution is 0.236. The Labute approximate surface area is 152 Å². The van der Waals surface area contributed by atoms with Gasteiger partial charge in [-0.3, -0.25) is 0 Å². The molecule has 0 aliphatic heterocycles. The highest BCUT2D eigenvalue weighted by Crippen LogP contribution is 2.32. The minimum atomic E-state index is -0.384. The van der Waals surface area contributed by atoms with Crippen LogP contribution in [0.25, 0.3) is 0 Å². The van der Waals surface area contributed by atoms with Gasteiger partial charge in [-0.1, -0.05) is 36.7 Å². The number of hydrogen-bond acceptors (Lipinski definition) is 4. The number of ether oxygens (including phenoxy) is 2. The van der Waals surface area contributed by atoms with E-state index < -0.39 is 0 Å². The smallest absolute Gasteiger partial charge is 0.166 e. The van der Waals surface area contributed by atoms with Crippen molar-refractivity contribution in [3.63, 3.8) is 0 Å². The van der Waals surface area contributed by atoms with Gasteiger partial charge in [0.05, 0.1) is 18.7 Å². The zero-order valence-electron chi connectivity index (χ0n) is 14.4. The van der Waals surface area contributed by atoms with E-state index in [-0.39, 0.29) is 25.1 Å². The van der Waals surface area contributed by atoms with Gasteiger partial charge in [0.15, 0.2) is 11.5 Å². The predicted molar refractivity (Wildman–Crippen MR) is 96.7 cm³/mol. The average Bonchev–Trinajstić information content (AvgIpc) is 2.62. The fourth-order valence-electron chi connectivity index (χ4n) is 2.41. The summed E-state index contributed by atoms with van der Waals surface area (Å²) in [6.07, 6.45) is 0.821. The third kappa shape index (κ3) is 5.33. The number of benzene rings is 2. The van der Waals surface area contributed by atoms with Crippen LogP contribution in [-0.4, -0.2) is 24.9 Å². The molecule has 0 spiro atoms. The van der Waals surface area contributed by atoms with Crippen LogP contribution >= 0.6 is 11.6 Å². The zero-order valence-corrected chi connectivity index (χ0v) is 15.1. The Morgan fingerprint density at radius 3 is 2.68 bits per heavy atom. The van der Waals surface area contributed by atoms with E-state index >= 15 is 0 Å². The predicted octanol–water partition coefficient (Wildman–Crippen LogP) is 3.93. The lowest BCUT2D eigenvalue weighted by Crippen LogP contribution is -2.31. The van der Waals surface area contributed by atoms with Crippen molar-refractivity contribution >= 4 is 11.6 Å². The quantitative estimate of drug-likeness (QED) is 0.705. The number of rotatable bonds is 9. The topological polar surface area (TPSA) is 50.7 Å². The number of halogens is 2. The first kappa shape index (κ1) is 19.5. The van der Waals surface area contributed by atoms with Crippen LogP contribution in [0.4, 0.5) is 4.39 Å². The van der Waals surface area contributed by atoms with Crippen LogP contribution in [0.5, 0.6) is 11.5 Å². The molecule has 25 heavy (non-hydrogen) atoms. The van der Waals surface area contributed by atoms with Crippen molar-refractivity contribution in [3.8, 4) is 11.5 Å². The minimum absolute atomic E-state index is 0.0191. The zero-order chi connectivity index (χ0) is 18.2. The molecular weight excluding hydrogens is 345 g/mol. The summed E-state index contributed by atoms with van der Waals surface area (Å²) in [5.41, 5.74) is 1.60. The normalized spacial score (nSPS) is 12.0. The summed E-state index contributed by atoms with van der Waals surface area (Å²) in [5.74, 6) is 0.825. The number of methoxy groups -OCH3 is 1. The van der Waals surface area contributed by atoms with E-state index in [1.165, 1.54) is 12.1 Å². The summed E-state index contributed by atoms with van der Waals surface area (Å²) >= 11 is 6.06. The highest BCUT2D eigenvalue weighted by atomic mass is 35.5. The largest absolute Gasteiger partial charge is 0.493 e. The van der Waals surface area contributed by atoms with E-state index in [0.29, 0.717) is 28.6 Å². The SMILES string of the molecule is CC[C@@H](CO)NCc1cccc(OC)c1OCc1ccc(F)cc1Cl. The molecule has 136 valence electrons. The molecule has 2 rings (SSSR count). The van der Waals surface area contributed by atoms with E-state index in [0.717, 1.165) is 12.0 Å². The maximum absolute atomic E-state index is 13.2. The van der Waals surface area contributed by atoms with Crippen molar-refractivity contribution < 1.29 is 19.0 Å². The Morgan fingerprint density at radius 1 is 1.24 bits per heavy atom. The standard InChI is InChI=1S/C19H23ClFNO3/c1-3-16(11-23)22-10-13-5-4-6-18(24-2)19(13)25-12-14-7-8-15(21)9-17(14)20/h4-9,16,22-23H,3,10-12H2,1-2H3/t16-/m0/s1. The lowest BCUT2D eigenvalue weighted by atomic mass is 10.1. The summed E-state index contributed by atoms with van der Waals surface area (Å²) < 4.78 is 24.5. The van der Waals surface area contributed by atoms with Crippen molar-refractivity contribution in [2.45, 2.75) is 32.5 Å². The molecule has 0 fully saturated rings. The molecule has 0 saturated carbocycles. The van der Waals surface area contributed by atoms with Crippen LogP contribution in [0.15, 0.2) is 36.4 Å². The molecule has 0 aliphatic rings. The second kappa shape index (κ2) is 9.61. The van der Waals surface area contributed by atoms with Gasteiger partial charge in [-0.05, 0) is 24.6 Å². The first-order chi connectivity index (χ1) is 12.1. The number of para-hydroxylation sites is 1. The molecule has 0 heterocycles. The Kier molecular flexibility index (Phi) is 7.50. The Hall–Kier alpha value is -1.82. The molecule has 0 bridgehead atoms. The maximum atomic E-state index is 13.2. The minimum Gasteiger partial charge on any atom is -0.493 e. The van der Waals surface area contributed by atoms with Crippen molar-refractivity contribution in [2.75, 3.05) is 13.7 Å². The molecule has 1 atom stereocenters. The monoisotopic (exact) mass is 367 g/mol. The van der Waals surface area contributed by atoms with E-state index in [4.69, 9.17) is 21.1 Å². The fourth-order valence-corrected chi connectivity index (χ4v) is 2.63. The van der Waals surface area contributed by atoms with Crippen molar-refractivity contribution in [3.05, 3.63) is 58.4 Å². The van der Waals surface area contributed by atoms with Crippen LogP contribution in [-0.2, 0) is 13.2 Å². The van der Waals surface area contributed by atoms with Crippen molar-refractivity contribution in [1.29, 1.82) is 0 Å². The van der Waals surface area contributed by atoms with Gasteiger partial charge in [-0.25, -0.2) is 4.39 Å². The Morgan fingerprint density at radius 2 is 2.04 bits per heavy atom. The molecule has 0 radical (unpaired) electrons. The van der Waals surface area contributed by atoms with Crippen LogP contribution < -0.4 is 14.8 Å². The number of aliphatic hydroxyl groups is 1. The molecule has 2 N–H and O–H groups in total. The molecule has 2 aromatic carbocycles. The third-order valence-electron chi connectivity index (χ3n) is 3.96. The molecule has 4 nitrogen and oxygen atoms in total. The molecule has 0 saturated heterocycles. The van der Waals surface area contributed by atoms with E-state index in [2.05, 4.69) is 5.32 Å². The number of aliphatic hydroxyl groups excluding tert-OH is 1. The second-order valence-electron chi connectivity index (χ2n) is 5.64. The van der Waals surface area contributed by atoms with Gasteiger partial charge >= 0.3 is 0 Å². The van der Waals surface area contributed by atoms with Crippen LogP contribution in [0.1, 0.15) is 24.5 Å². The van der Waals surface area contributed by atoms with Gasteiger partial charge in [0, 0.05) is 23.7 Å². The molecule has 0 aromatic heterocycles. The summed E-state index contributed by atoms with van der Waals surface area (Å²) in [4.78, 5) is 0. The van der Waals surface area contributed by atoms with Gasteiger partial charge < -0.3 is 19.9 Å². The summed E-state index contributed by atoms with van der Waals surface area (Å²) in [5, 5.41) is 12.9. The fraction of sp³-hybridized carbons (Fsp3) is 0.368. The van der Waals surface area contributed by atoms with Gasteiger partial charge in [0.2, 0.25) is 0 Å². The number of hydrogen-bond donors (Lipinski definition) is 2. The van der Waals surface area contributed by atoms with Crippen LogP contribution in [0.3, 0.4) is 0 Å². The first-order valence-electron chi connectivity index (χ1n) is 8.15. The van der Waals surface area contributed by atoms with E-state index in [9.17, 15) is 9.50 Å². The number of nitrogens with one attached hydrogen (secondary N) is 1. The summed E-state index contributed by atoms with van der Waals surface area (Å²) in [6, 6.07) is 9.86. The molecule has 0 aliphatic carbocycles. The molecule has 2 aromatic rings. The van der Waals surface area contributed by atoms with E-state index in [1.54, 1.807) is 13.2 Å². The second-order valence-corrected chi connectivity index (χ2v) is 6.05. The lowest BCUT2D eigenvalue weighted by Gasteiger charge is -2.18. The Balaban J connectivity index is 2.16. The highest BCUT2D eigenvalue weighted by Gasteiger charge is 2.13. The van der Waals surface area contributed by atoms with Gasteiger partial charge in [-0.2, -0.15) is 0 Å². The van der Waals surface area contributed by atoms with Gasteiger partial charge in [-0.15, -0.1) is 0 Å². The highest BCUT2D eigenvalue weighted by molar-refractivity contribution is 6.31. The molecule has 0 unspecified atom stereocenters. The molecular formula is C19H23ClFNO3.